The lowest BCUT2D eigenvalue weighted by atomic mass is 9.96. The number of alkyl halides is 3. The predicted octanol–water partition coefficient (Wildman–Crippen LogP) is 23.1. The van der Waals surface area contributed by atoms with Crippen LogP contribution in [0.3, 0.4) is 0 Å². The summed E-state index contributed by atoms with van der Waals surface area (Å²) in [5.74, 6) is 0. The van der Waals surface area contributed by atoms with Gasteiger partial charge in [-0.1, -0.05) is 176 Å². The van der Waals surface area contributed by atoms with Crippen LogP contribution in [0.15, 0.2) is 297 Å². The van der Waals surface area contributed by atoms with Crippen molar-refractivity contribution in [3.8, 4) is 51.3 Å². The summed E-state index contributed by atoms with van der Waals surface area (Å²) in [7, 11) is 0. The Hall–Kier alpha value is -12.8. The molecule has 0 radical (unpaired) electrons. The van der Waals surface area contributed by atoms with Crippen molar-refractivity contribution in [2.24, 2.45) is 0 Å². The Kier molecular flexibility index (Phi) is 11.5. The van der Waals surface area contributed by atoms with E-state index in [2.05, 4.69) is 300 Å². The van der Waals surface area contributed by atoms with E-state index in [0.29, 0.717) is 33.6 Å². The first kappa shape index (κ1) is 54.7. The van der Waals surface area contributed by atoms with Gasteiger partial charge in [-0.25, -0.2) is 0 Å². The molecule has 0 aliphatic rings. The molecule has 0 N–H and O–H groups in total. The van der Waals surface area contributed by atoms with Crippen molar-refractivity contribution in [2.45, 2.75) is 13.1 Å². The normalized spacial score (nSPS) is 12.3. The fourth-order valence-corrected chi connectivity index (χ4v) is 16.2. The number of aromatic nitrogens is 6. The second kappa shape index (κ2) is 20.3. The van der Waals surface area contributed by atoms with E-state index in [-0.39, 0.29) is 0 Å². The summed E-state index contributed by atoms with van der Waals surface area (Å²) in [5, 5.41) is 24.9. The van der Waals surface area contributed by atoms with Crippen molar-refractivity contribution < 1.29 is 13.2 Å². The van der Waals surface area contributed by atoms with Crippen LogP contribution in [0.1, 0.15) is 16.7 Å². The highest BCUT2D eigenvalue weighted by atomic mass is 19.4. The highest BCUT2D eigenvalue weighted by molar-refractivity contribution is 6.17. The molecule has 456 valence electrons. The summed E-state index contributed by atoms with van der Waals surface area (Å²) in [6.07, 6.45) is -4.68. The van der Waals surface area contributed by atoms with Gasteiger partial charge in [0.25, 0.3) is 0 Å². The number of benzene rings is 14. The third kappa shape index (κ3) is 7.91. The summed E-state index contributed by atoms with van der Waals surface area (Å²) in [6, 6.07) is 105. The van der Waals surface area contributed by atoms with Crippen LogP contribution in [0.25, 0.3) is 176 Å². The van der Waals surface area contributed by atoms with Crippen molar-refractivity contribution in [1.29, 1.82) is 5.26 Å². The minimum Gasteiger partial charge on any atom is -0.309 e. The third-order valence-electron chi connectivity index (χ3n) is 20.3. The molecule has 0 bridgehead atoms. The Labute approximate surface area is 552 Å². The monoisotopic (exact) mass is 1250 g/mol. The molecule has 0 unspecified atom stereocenters. The second-order valence-corrected chi connectivity index (χ2v) is 25.5. The molecular formula is C87H52F3N7. The summed E-state index contributed by atoms with van der Waals surface area (Å²) in [4.78, 5) is 0. The van der Waals surface area contributed by atoms with Crippen LogP contribution in [0.4, 0.5) is 13.2 Å². The third-order valence-corrected chi connectivity index (χ3v) is 20.3. The second-order valence-electron chi connectivity index (χ2n) is 25.5. The Morgan fingerprint density at radius 1 is 0.268 bits per heavy atom. The van der Waals surface area contributed by atoms with Crippen molar-refractivity contribution in [2.75, 3.05) is 0 Å². The number of hydrogen-bond donors (Lipinski definition) is 0. The van der Waals surface area contributed by atoms with E-state index >= 15 is 13.2 Å². The fraction of sp³-hybridized carbons (Fsp3) is 0.0230. The van der Waals surface area contributed by atoms with Gasteiger partial charge in [-0.15, -0.1) is 0 Å². The number of hydrogen-bond acceptors (Lipinski definition) is 1. The van der Waals surface area contributed by atoms with Crippen molar-refractivity contribution >= 4 is 131 Å². The predicted molar refractivity (Wildman–Crippen MR) is 392 cm³/mol. The van der Waals surface area contributed by atoms with Crippen molar-refractivity contribution in [1.82, 2.24) is 27.4 Å². The maximum atomic E-state index is 15.7. The first-order chi connectivity index (χ1) is 47.6. The molecular weight excluding hydrogens is 1200 g/mol. The molecule has 0 saturated heterocycles. The summed E-state index contributed by atoms with van der Waals surface area (Å²) >= 11 is 0. The summed E-state index contributed by atoms with van der Waals surface area (Å²) < 4.78 is 60.5. The Balaban J connectivity index is 0.928. The molecule has 0 aliphatic heterocycles. The molecule has 6 heterocycles. The Morgan fingerprint density at radius 3 is 0.814 bits per heavy atom. The lowest BCUT2D eigenvalue weighted by molar-refractivity contribution is -0.137. The van der Waals surface area contributed by atoms with Gasteiger partial charge in [0.15, 0.2) is 0 Å². The van der Waals surface area contributed by atoms with Gasteiger partial charge < -0.3 is 27.4 Å². The standard InChI is InChI=1S/C87H52F3N7/c1-52-42-53(44-55(43-52)87(88,89)90)72-50-81(96-83-46-56(92-73-26-10-2-18-60(73)61-19-3-11-27-74(61)92)34-38-68(83)69-39-35-57(47-84(69)96)93-75-28-12-4-20-62(75)63-21-5-13-29-76(63)93)54(51-91)45-82(72)97-85-48-58(94-77-30-14-6-22-64(77)65-23-7-15-31-78(65)94)36-40-70(85)71-41-37-59(49-86(71)97)95-79-32-16-8-24-66(79)67-25-9-17-33-80(67)95/h2-50H,1H3. The number of aryl methyl sites for hydroxylation is 1. The van der Waals surface area contributed by atoms with E-state index in [1.165, 1.54) is 12.1 Å². The van der Waals surface area contributed by atoms with Crippen LogP contribution >= 0.6 is 0 Å². The molecule has 14 aromatic carbocycles. The topological polar surface area (TPSA) is 53.4 Å². The molecule has 0 amide bonds. The highest BCUT2D eigenvalue weighted by Gasteiger charge is 2.32. The number of rotatable bonds is 7. The van der Waals surface area contributed by atoms with Gasteiger partial charge in [-0.2, -0.15) is 18.4 Å². The van der Waals surface area contributed by atoms with Crippen LogP contribution < -0.4 is 0 Å². The molecule has 0 atom stereocenters. The molecule has 0 aliphatic carbocycles. The van der Waals surface area contributed by atoms with Crippen LogP contribution in [-0.2, 0) is 6.18 Å². The largest absolute Gasteiger partial charge is 0.416 e. The summed E-state index contributed by atoms with van der Waals surface area (Å²) in [5.41, 5.74) is 17.0. The van der Waals surface area contributed by atoms with Gasteiger partial charge >= 0.3 is 6.18 Å². The molecule has 97 heavy (non-hydrogen) atoms. The average Bonchev–Trinajstić information content (AvgIpc) is 1.59. The number of para-hydroxylation sites is 8. The molecule has 6 aromatic heterocycles. The zero-order valence-corrected chi connectivity index (χ0v) is 52.1. The quantitative estimate of drug-likeness (QED) is 0.157. The van der Waals surface area contributed by atoms with Crippen LogP contribution in [0.2, 0.25) is 0 Å². The highest BCUT2D eigenvalue weighted by Crippen LogP contribution is 2.47. The fourth-order valence-electron chi connectivity index (χ4n) is 16.2. The van der Waals surface area contributed by atoms with Gasteiger partial charge in [0.1, 0.15) is 6.07 Å². The van der Waals surface area contributed by atoms with Gasteiger partial charge in [0.05, 0.1) is 88.7 Å². The summed E-state index contributed by atoms with van der Waals surface area (Å²) in [6.45, 7) is 1.72. The number of nitriles is 1. The first-order valence-corrected chi connectivity index (χ1v) is 32.5. The van der Waals surface area contributed by atoms with Crippen LogP contribution in [0, 0.1) is 18.3 Å². The van der Waals surface area contributed by atoms with E-state index in [9.17, 15) is 5.26 Å². The van der Waals surface area contributed by atoms with Crippen LogP contribution in [-0.4, -0.2) is 27.4 Å². The number of halogens is 3. The lowest BCUT2D eigenvalue weighted by Gasteiger charge is -2.21. The minimum atomic E-state index is -4.68. The number of fused-ring (bicyclic) bond motifs is 18. The van der Waals surface area contributed by atoms with Gasteiger partial charge in [0, 0.05) is 92.9 Å². The number of nitrogens with zero attached hydrogens (tertiary/aromatic N) is 7. The zero-order chi connectivity index (χ0) is 64.5. The van der Waals surface area contributed by atoms with Gasteiger partial charge in [-0.3, -0.25) is 0 Å². The zero-order valence-electron chi connectivity index (χ0n) is 52.1. The maximum Gasteiger partial charge on any atom is 0.416 e. The van der Waals surface area contributed by atoms with Crippen molar-refractivity contribution in [3.63, 3.8) is 0 Å². The average molecular weight is 1250 g/mol. The van der Waals surface area contributed by atoms with E-state index in [4.69, 9.17) is 0 Å². The van der Waals surface area contributed by atoms with Crippen LogP contribution in [0.5, 0.6) is 0 Å². The Bertz CT molecular complexity index is 6290. The Morgan fingerprint density at radius 2 is 0.536 bits per heavy atom. The first-order valence-electron chi connectivity index (χ1n) is 32.5. The van der Waals surface area contributed by atoms with Gasteiger partial charge in [0.2, 0.25) is 0 Å². The molecule has 0 saturated carbocycles. The minimum absolute atomic E-state index is 0.317. The smallest absolute Gasteiger partial charge is 0.309 e. The molecule has 10 heteroatoms. The molecule has 0 spiro atoms. The maximum absolute atomic E-state index is 15.7. The van der Waals surface area contributed by atoms with E-state index < -0.39 is 11.7 Å². The molecule has 7 nitrogen and oxygen atoms in total. The molecule has 20 aromatic rings. The SMILES string of the molecule is Cc1cc(-c2cc(-n3c4cc(-n5c6ccccc6c6ccccc65)ccc4c4ccc(-n5c6ccccc6c6ccccc65)cc43)c(C#N)cc2-n2c3cc(-n4c5ccccc5c5ccccc54)ccc3c3ccc(-n4c5ccccc5c5ccccc54)cc32)cc(C(F)(F)F)c1. The molecule has 20 rings (SSSR count). The van der Waals surface area contributed by atoms with E-state index in [1.54, 1.807) is 6.92 Å². The lowest BCUT2D eigenvalue weighted by Crippen LogP contribution is -2.07. The van der Waals surface area contributed by atoms with Crippen molar-refractivity contribution in [3.05, 3.63) is 314 Å². The van der Waals surface area contributed by atoms with E-state index in [1.807, 2.05) is 18.2 Å². The van der Waals surface area contributed by atoms with E-state index in [0.717, 1.165) is 154 Å². The van der Waals surface area contributed by atoms with Gasteiger partial charge in [-0.05, 0) is 139 Å². The molecule has 0 fully saturated rings.